The summed E-state index contributed by atoms with van der Waals surface area (Å²) in [7, 11) is 1.72. The van der Waals surface area contributed by atoms with Crippen LogP contribution in [-0.2, 0) is 4.79 Å². The van der Waals surface area contributed by atoms with Crippen LogP contribution < -0.4 is 5.73 Å². The van der Waals surface area contributed by atoms with Crippen molar-refractivity contribution >= 4 is 24.1 Å². The van der Waals surface area contributed by atoms with E-state index in [1.54, 1.807) is 11.9 Å². The molecule has 0 bridgehead atoms. The molecule has 2 aromatic carbocycles. The van der Waals surface area contributed by atoms with Gasteiger partial charge in [0.25, 0.3) is 0 Å². The molecular formula is C20H25ClN2O2. The number of carbonyl (C=O) groups is 2. The number of halogens is 1. The van der Waals surface area contributed by atoms with Crippen LogP contribution in [0.1, 0.15) is 30.1 Å². The number of amides is 1. The highest BCUT2D eigenvalue weighted by molar-refractivity contribution is 5.98. The lowest BCUT2D eigenvalue weighted by molar-refractivity contribution is -0.131. The minimum atomic E-state index is -0.0535. The van der Waals surface area contributed by atoms with Gasteiger partial charge in [-0.1, -0.05) is 54.6 Å². The molecule has 4 nitrogen and oxygen atoms in total. The maximum Gasteiger partial charge on any atom is 0.223 e. The van der Waals surface area contributed by atoms with Crippen LogP contribution in [0.15, 0.2) is 54.6 Å². The maximum absolute atomic E-state index is 12.3. The van der Waals surface area contributed by atoms with Crippen molar-refractivity contribution in [3.05, 3.63) is 60.2 Å². The van der Waals surface area contributed by atoms with Gasteiger partial charge in [-0.2, -0.15) is 0 Å². The Balaban J connectivity index is 0.00000312. The number of likely N-dealkylation sites (N-methyl/N-ethyl adjacent to an activating group) is 1. The molecule has 2 rings (SSSR count). The largest absolute Gasteiger partial charge is 0.342 e. The number of rotatable bonds is 7. The summed E-state index contributed by atoms with van der Waals surface area (Å²) >= 11 is 0. The molecule has 0 fully saturated rings. The summed E-state index contributed by atoms with van der Waals surface area (Å²) < 4.78 is 0. The number of hydrogen-bond donors (Lipinski definition) is 1. The number of carbonyl (C=O) groups excluding carboxylic acids is 2. The van der Waals surface area contributed by atoms with Crippen LogP contribution in [0.5, 0.6) is 0 Å². The molecule has 1 unspecified atom stereocenters. The zero-order valence-corrected chi connectivity index (χ0v) is 15.5. The topological polar surface area (TPSA) is 63.4 Å². The van der Waals surface area contributed by atoms with Crippen molar-refractivity contribution in [3.8, 4) is 11.1 Å². The van der Waals surface area contributed by atoms with Gasteiger partial charge in [0.1, 0.15) is 0 Å². The highest BCUT2D eigenvalue weighted by Crippen LogP contribution is 2.20. The highest BCUT2D eigenvalue weighted by Gasteiger charge is 2.16. The second kappa shape index (κ2) is 9.97. The lowest BCUT2D eigenvalue weighted by Gasteiger charge is -2.23. The number of benzene rings is 2. The van der Waals surface area contributed by atoms with Gasteiger partial charge >= 0.3 is 0 Å². The second-order valence-corrected chi connectivity index (χ2v) is 5.96. The SMILES string of the molecule is CC(CN)N(C)C(=O)CCC(=O)c1ccc(-c2ccccc2)cc1.Cl. The van der Waals surface area contributed by atoms with Crippen LogP contribution in [0, 0.1) is 0 Å². The van der Waals surface area contributed by atoms with Gasteiger partial charge < -0.3 is 10.6 Å². The van der Waals surface area contributed by atoms with Crippen molar-refractivity contribution in [2.75, 3.05) is 13.6 Å². The van der Waals surface area contributed by atoms with Gasteiger partial charge in [0, 0.05) is 38.0 Å². The summed E-state index contributed by atoms with van der Waals surface area (Å²) in [5.41, 5.74) is 8.38. The summed E-state index contributed by atoms with van der Waals surface area (Å²) in [6, 6.07) is 17.5. The fourth-order valence-electron chi connectivity index (χ4n) is 2.42. The van der Waals surface area contributed by atoms with E-state index in [1.807, 2.05) is 61.5 Å². The van der Waals surface area contributed by atoms with Gasteiger partial charge in [0.05, 0.1) is 0 Å². The normalized spacial score (nSPS) is 11.3. The molecule has 0 saturated carbocycles. The monoisotopic (exact) mass is 360 g/mol. The third kappa shape index (κ3) is 5.69. The van der Waals surface area contributed by atoms with Crippen molar-refractivity contribution in [2.45, 2.75) is 25.8 Å². The van der Waals surface area contributed by atoms with Gasteiger partial charge in [0.2, 0.25) is 5.91 Å². The average Bonchev–Trinajstić information content (AvgIpc) is 2.65. The van der Waals surface area contributed by atoms with Gasteiger partial charge in [-0.25, -0.2) is 0 Å². The summed E-state index contributed by atoms with van der Waals surface area (Å²) in [4.78, 5) is 25.9. The predicted octanol–water partition coefficient (Wildman–Crippen LogP) is 3.54. The molecule has 134 valence electrons. The molecule has 1 amide bonds. The Bertz CT molecular complexity index is 687. The van der Waals surface area contributed by atoms with E-state index in [1.165, 1.54) is 0 Å². The average molecular weight is 361 g/mol. The minimum absolute atomic E-state index is 0. The molecule has 1 atom stereocenters. The first-order valence-electron chi connectivity index (χ1n) is 8.17. The van der Waals surface area contributed by atoms with Crippen molar-refractivity contribution in [2.24, 2.45) is 5.73 Å². The van der Waals surface area contributed by atoms with E-state index in [0.29, 0.717) is 12.1 Å². The molecule has 25 heavy (non-hydrogen) atoms. The Hall–Kier alpha value is -2.17. The van der Waals surface area contributed by atoms with E-state index in [2.05, 4.69) is 0 Å². The molecule has 2 N–H and O–H groups in total. The van der Waals surface area contributed by atoms with Crippen molar-refractivity contribution < 1.29 is 9.59 Å². The fourth-order valence-corrected chi connectivity index (χ4v) is 2.42. The minimum Gasteiger partial charge on any atom is -0.342 e. The van der Waals surface area contributed by atoms with Gasteiger partial charge in [-0.3, -0.25) is 9.59 Å². The zero-order chi connectivity index (χ0) is 17.5. The first-order chi connectivity index (χ1) is 11.5. The van der Waals surface area contributed by atoms with Gasteiger partial charge in [-0.05, 0) is 18.1 Å². The maximum atomic E-state index is 12.3. The van der Waals surface area contributed by atoms with Gasteiger partial charge in [0.15, 0.2) is 5.78 Å². The molecule has 0 heterocycles. The lowest BCUT2D eigenvalue weighted by Crippen LogP contribution is -2.39. The van der Waals surface area contributed by atoms with Crippen LogP contribution in [0.3, 0.4) is 0 Å². The highest BCUT2D eigenvalue weighted by atomic mass is 35.5. The van der Waals surface area contributed by atoms with Crippen LogP contribution >= 0.6 is 12.4 Å². The number of ketones is 1. The smallest absolute Gasteiger partial charge is 0.223 e. The summed E-state index contributed by atoms with van der Waals surface area (Å²) in [6.45, 7) is 2.30. The van der Waals surface area contributed by atoms with E-state index < -0.39 is 0 Å². The molecule has 0 aliphatic heterocycles. The van der Waals surface area contributed by atoms with Crippen molar-refractivity contribution in [3.63, 3.8) is 0 Å². The van der Waals surface area contributed by atoms with Crippen molar-refractivity contribution in [1.29, 1.82) is 0 Å². The number of nitrogens with two attached hydrogens (primary N) is 1. The standard InChI is InChI=1S/C20H24N2O2.ClH/c1-15(14-21)22(2)20(24)13-12-19(23)18-10-8-17(9-11-18)16-6-4-3-5-7-16;/h3-11,15H,12-14,21H2,1-2H3;1H. The summed E-state index contributed by atoms with van der Waals surface area (Å²) in [5.74, 6) is -0.0704. The Morgan fingerprint density at radius 2 is 1.52 bits per heavy atom. The second-order valence-electron chi connectivity index (χ2n) is 5.96. The number of Topliss-reactive ketones (excluding diaryl/α,β-unsaturated/α-hetero) is 1. The lowest BCUT2D eigenvalue weighted by atomic mass is 10.0. The molecule has 0 aliphatic carbocycles. The molecule has 0 aromatic heterocycles. The van der Waals surface area contributed by atoms with Crippen LogP contribution in [0.4, 0.5) is 0 Å². The van der Waals surface area contributed by atoms with E-state index in [0.717, 1.165) is 11.1 Å². The molecular weight excluding hydrogens is 336 g/mol. The summed E-state index contributed by atoms with van der Waals surface area (Å²) in [5, 5.41) is 0. The number of nitrogens with zero attached hydrogens (tertiary/aromatic N) is 1. The van der Waals surface area contributed by atoms with Crippen molar-refractivity contribution in [1.82, 2.24) is 4.90 Å². The third-order valence-corrected chi connectivity index (χ3v) is 4.28. The third-order valence-electron chi connectivity index (χ3n) is 4.28. The molecule has 0 radical (unpaired) electrons. The molecule has 0 saturated heterocycles. The van der Waals surface area contributed by atoms with E-state index in [-0.39, 0.29) is 43.0 Å². The molecule has 0 spiro atoms. The van der Waals surface area contributed by atoms with Crippen LogP contribution in [0.2, 0.25) is 0 Å². The Labute approximate surface area is 155 Å². The quantitative estimate of drug-likeness (QED) is 0.768. The first kappa shape index (κ1) is 20.9. The number of hydrogen-bond acceptors (Lipinski definition) is 3. The summed E-state index contributed by atoms with van der Waals surface area (Å²) in [6.07, 6.45) is 0.422. The first-order valence-corrected chi connectivity index (χ1v) is 8.17. The molecule has 0 aliphatic rings. The Morgan fingerprint density at radius 1 is 0.960 bits per heavy atom. The van der Waals surface area contributed by atoms with E-state index >= 15 is 0 Å². The molecule has 2 aromatic rings. The zero-order valence-electron chi connectivity index (χ0n) is 14.6. The van der Waals surface area contributed by atoms with Crippen LogP contribution in [0.25, 0.3) is 11.1 Å². The molecule has 5 heteroatoms. The predicted molar refractivity (Wildman–Crippen MR) is 104 cm³/mol. The van der Waals surface area contributed by atoms with E-state index in [9.17, 15) is 9.59 Å². The fraction of sp³-hybridized carbons (Fsp3) is 0.300. The Morgan fingerprint density at radius 3 is 2.08 bits per heavy atom. The van der Waals surface area contributed by atoms with Crippen LogP contribution in [-0.4, -0.2) is 36.2 Å². The van der Waals surface area contributed by atoms with E-state index in [4.69, 9.17) is 5.73 Å². The Kier molecular flexibility index (Phi) is 8.32. The van der Waals surface area contributed by atoms with Gasteiger partial charge in [-0.15, -0.1) is 12.4 Å².